The van der Waals surface area contributed by atoms with Gasteiger partial charge in [0.25, 0.3) is 0 Å². The third kappa shape index (κ3) is 3.23. The van der Waals surface area contributed by atoms with Crippen molar-refractivity contribution in [3.8, 4) is 0 Å². The van der Waals surface area contributed by atoms with Crippen molar-refractivity contribution in [2.45, 2.75) is 27.7 Å². The van der Waals surface area contributed by atoms with Crippen LogP contribution in [0.2, 0.25) is 0 Å². The highest BCUT2D eigenvalue weighted by Gasteiger charge is 2.02. The van der Waals surface area contributed by atoms with Crippen molar-refractivity contribution in [2.24, 2.45) is 0 Å². The van der Waals surface area contributed by atoms with E-state index in [4.69, 9.17) is 4.74 Å². The predicted octanol–water partition coefficient (Wildman–Crippen LogP) is 3.27. The van der Waals surface area contributed by atoms with Crippen molar-refractivity contribution < 1.29 is 9.53 Å². The molecule has 0 saturated heterocycles. The summed E-state index contributed by atoms with van der Waals surface area (Å²) in [6.07, 6.45) is 1.54. The molecule has 0 aliphatic rings. The molecule has 0 aromatic heterocycles. The molecule has 0 heterocycles. The summed E-state index contributed by atoms with van der Waals surface area (Å²) in [6.45, 7) is 8.27. The summed E-state index contributed by atoms with van der Waals surface area (Å²) in [5.41, 5.74) is 4.49. The molecule has 0 bridgehead atoms. The van der Waals surface area contributed by atoms with Crippen molar-refractivity contribution in [1.82, 2.24) is 0 Å². The second-order valence-electron chi connectivity index (χ2n) is 3.88. The smallest absolute Gasteiger partial charge is 0.331 e. The average molecular weight is 218 g/mol. The molecular formula is C14H18O2. The van der Waals surface area contributed by atoms with Gasteiger partial charge in [-0.05, 0) is 50.0 Å². The zero-order valence-corrected chi connectivity index (χ0v) is 10.3. The lowest BCUT2D eigenvalue weighted by Gasteiger charge is -2.05. The van der Waals surface area contributed by atoms with Crippen LogP contribution in [0.1, 0.15) is 30.5 Å². The normalized spacial score (nSPS) is 11.4. The Kier molecular flexibility index (Phi) is 4.29. The molecule has 0 atom stereocenters. The Hall–Kier alpha value is -1.57. The minimum absolute atomic E-state index is 0.279. The van der Waals surface area contributed by atoms with E-state index < -0.39 is 0 Å². The third-order valence-corrected chi connectivity index (χ3v) is 2.58. The van der Waals surface area contributed by atoms with Gasteiger partial charge in [0.2, 0.25) is 0 Å². The summed E-state index contributed by atoms with van der Waals surface area (Å²) in [5, 5.41) is 0. The maximum atomic E-state index is 11.3. The topological polar surface area (TPSA) is 26.3 Å². The molecule has 1 rings (SSSR count). The first-order chi connectivity index (χ1) is 7.54. The molecular weight excluding hydrogens is 200 g/mol. The van der Waals surface area contributed by atoms with E-state index in [9.17, 15) is 4.79 Å². The van der Waals surface area contributed by atoms with Crippen molar-refractivity contribution in [2.75, 3.05) is 6.61 Å². The third-order valence-electron chi connectivity index (χ3n) is 2.58. The molecule has 0 fully saturated rings. The number of ether oxygens (including phenoxy) is 1. The Morgan fingerprint density at radius 2 is 2.00 bits per heavy atom. The van der Waals surface area contributed by atoms with E-state index in [0.29, 0.717) is 6.61 Å². The van der Waals surface area contributed by atoms with Crippen LogP contribution in [0.15, 0.2) is 24.3 Å². The quantitative estimate of drug-likeness (QED) is 0.575. The molecule has 0 spiro atoms. The summed E-state index contributed by atoms with van der Waals surface area (Å²) in [7, 11) is 0. The molecule has 0 unspecified atom stereocenters. The second kappa shape index (κ2) is 5.50. The Bertz CT molecular complexity index is 417. The maximum Gasteiger partial charge on any atom is 0.331 e. The molecule has 86 valence electrons. The van der Waals surface area contributed by atoms with E-state index >= 15 is 0 Å². The zero-order chi connectivity index (χ0) is 12.1. The van der Waals surface area contributed by atoms with Crippen molar-refractivity contribution in [3.63, 3.8) is 0 Å². The molecule has 2 nitrogen and oxygen atoms in total. The number of carbonyl (C=O) groups excluding carboxylic acids is 1. The molecule has 16 heavy (non-hydrogen) atoms. The van der Waals surface area contributed by atoms with Crippen LogP contribution in [0.5, 0.6) is 0 Å². The van der Waals surface area contributed by atoms with Gasteiger partial charge in [0.1, 0.15) is 0 Å². The molecule has 0 aliphatic heterocycles. The number of allylic oxidation sites excluding steroid dienone is 1. The van der Waals surface area contributed by atoms with Gasteiger partial charge >= 0.3 is 5.97 Å². The number of hydrogen-bond donors (Lipinski definition) is 0. The number of rotatable bonds is 3. The fraction of sp³-hybridized carbons (Fsp3) is 0.357. The van der Waals surface area contributed by atoms with Gasteiger partial charge in [-0.3, -0.25) is 0 Å². The Labute approximate surface area is 96.9 Å². The van der Waals surface area contributed by atoms with E-state index in [2.05, 4.69) is 26.0 Å². The standard InChI is InChI=1S/C14H18O2/c1-5-16-14(15)9-12(4)13-7-6-10(2)11(3)8-13/h6-9H,5H2,1-4H3/b12-9-. The lowest BCUT2D eigenvalue weighted by Crippen LogP contribution is -2.00. The fourth-order valence-electron chi connectivity index (χ4n) is 1.43. The SMILES string of the molecule is CCOC(=O)/C=C(/C)c1ccc(C)c(C)c1. The van der Waals surface area contributed by atoms with Crippen LogP contribution >= 0.6 is 0 Å². The minimum Gasteiger partial charge on any atom is -0.463 e. The predicted molar refractivity (Wildman–Crippen MR) is 66.2 cm³/mol. The summed E-state index contributed by atoms with van der Waals surface area (Å²) in [4.78, 5) is 11.3. The Morgan fingerprint density at radius 3 is 2.56 bits per heavy atom. The number of aryl methyl sites for hydroxylation is 2. The van der Waals surface area contributed by atoms with E-state index in [-0.39, 0.29) is 5.97 Å². The van der Waals surface area contributed by atoms with Crippen LogP contribution in [0.25, 0.3) is 5.57 Å². The monoisotopic (exact) mass is 218 g/mol. The van der Waals surface area contributed by atoms with Crippen LogP contribution in [-0.4, -0.2) is 12.6 Å². The average Bonchev–Trinajstić information content (AvgIpc) is 2.22. The number of hydrogen-bond acceptors (Lipinski definition) is 2. The van der Waals surface area contributed by atoms with E-state index in [1.807, 2.05) is 13.0 Å². The number of esters is 1. The van der Waals surface area contributed by atoms with Crippen LogP contribution in [-0.2, 0) is 9.53 Å². The lowest BCUT2D eigenvalue weighted by molar-refractivity contribution is -0.137. The Balaban J connectivity index is 2.91. The van der Waals surface area contributed by atoms with Gasteiger partial charge in [0.15, 0.2) is 0 Å². The lowest BCUT2D eigenvalue weighted by atomic mass is 10.0. The van der Waals surface area contributed by atoms with Gasteiger partial charge in [0.05, 0.1) is 6.61 Å². The van der Waals surface area contributed by atoms with Crippen LogP contribution < -0.4 is 0 Å². The summed E-state index contributed by atoms with van der Waals surface area (Å²) in [6, 6.07) is 6.17. The van der Waals surface area contributed by atoms with Crippen molar-refractivity contribution >= 4 is 11.5 Å². The molecule has 0 amide bonds. The molecule has 0 N–H and O–H groups in total. The summed E-state index contributed by atoms with van der Waals surface area (Å²) >= 11 is 0. The number of carbonyl (C=O) groups is 1. The van der Waals surface area contributed by atoms with Gasteiger partial charge in [-0.2, -0.15) is 0 Å². The largest absolute Gasteiger partial charge is 0.463 e. The first-order valence-electron chi connectivity index (χ1n) is 5.47. The van der Waals surface area contributed by atoms with Gasteiger partial charge in [-0.25, -0.2) is 4.79 Å². The van der Waals surface area contributed by atoms with Crippen LogP contribution in [0.4, 0.5) is 0 Å². The van der Waals surface area contributed by atoms with Crippen molar-refractivity contribution in [3.05, 3.63) is 41.0 Å². The molecule has 0 radical (unpaired) electrons. The highest BCUT2D eigenvalue weighted by molar-refractivity contribution is 5.90. The molecule has 1 aromatic rings. The van der Waals surface area contributed by atoms with E-state index in [1.165, 1.54) is 17.2 Å². The van der Waals surface area contributed by atoms with Gasteiger partial charge in [-0.1, -0.05) is 18.2 Å². The molecule has 0 saturated carbocycles. The second-order valence-corrected chi connectivity index (χ2v) is 3.88. The molecule has 1 aromatic carbocycles. The fourth-order valence-corrected chi connectivity index (χ4v) is 1.43. The highest BCUT2D eigenvalue weighted by Crippen LogP contribution is 2.17. The van der Waals surface area contributed by atoms with Gasteiger partial charge in [-0.15, -0.1) is 0 Å². The Morgan fingerprint density at radius 1 is 1.31 bits per heavy atom. The molecule has 0 aliphatic carbocycles. The van der Waals surface area contributed by atoms with Crippen molar-refractivity contribution in [1.29, 1.82) is 0 Å². The van der Waals surface area contributed by atoms with Crippen LogP contribution in [0, 0.1) is 13.8 Å². The van der Waals surface area contributed by atoms with E-state index in [0.717, 1.165) is 11.1 Å². The van der Waals surface area contributed by atoms with E-state index in [1.54, 1.807) is 6.92 Å². The van der Waals surface area contributed by atoms with Crippen LogP contribution in [0.3, 0.4) is 0 Å². The summed E-state index contributed by atoms with van der Waals surface area (Å²) < 4.78 is 4.87. The summed E-state index contributed by atoms with van der Waals surface area (Å²) in [5.74, 6) is -0.279. The maximum absolute atomic E-state index is 11.3. The highest BCUT2D eigenvalue weighted by atomic mass is 16.5. The minimum atomic E-state index is -0.279. The number of benzene rings is 1. The molecule has 2 heteroatoms. The van der Waals surface area contributed by atoms with Gasteiger partial charge in [0, 0.05) is 6.08 Å². The van der Waals surface area contributed by atoms with Gasteiger partial charge < -0.3 is 4.74 Å². The first-order valence-corrected chi connectivity index (χ1v) is 5.47. The zero-order valence-electron chi connectivity index (χ0n) is 10.3. The first kappa shape index (κ1) is 12.5.